The highest BCUT2D eigenvalue weighted by atomic mass is 16.3. The van der Waals surface area contributed by atoms with Crippen LogP contribution in [0, 0.1) is 0 Å². The molecule has 0 aliphatic heterocycles. The van der Waals surface area contributed by atoms with Gasteiger partial charge in [-0.2, -0.15) is 0 Å². The Morgan fingerprint density at radius 2 is 0.952 bits per heavy atom. The fourth-order valence-corrected chi connectivity index (χ4v) is 9.42. The third-order valence-corrected chi connectivity index (χ3v) is 12.4. The van der Waals surface area contributed by atoms with E-state index in [9.17, 15) is 6.85 Å². The lowest BCUT2D eigenvalue weighted by Gasteiger charge is -2.11. The summed E-state index contributed by atoms with van der Waals surface area (Å²) in [6.45, 7) is 0. The van der Waals surface area contributed by atoms with Crippen LogP contribution >= 0.6 is 0 Å². The van der Waals surface area contributed by atoms with Gasteiger partial charge in [0, 0.05) is 43.7 Å². The number of fused-ring (bicyclic) bond motifs is 9. The van der Waals surface area contributed by atoms with Gasteiger partial charge in [0.1, 0.15) is 11.2 Å². The summed E-state index contributed by atoms with van der Waals surface area (Å²) in [6, 6.07) is 61.1. The summed E-state index contributed by atoms with van der Waals surface area (Å²) >= 11 is 0. The average molecular weight is 810 g/mol. The second kappa shape index (κ2) is 14.1. The molecular weight excluding hydrogens is 765 g/mol. The molecule has 0 unspecified atom stereocenters. The van der Waals surface area contributed by atoms with Crippen LogP contribution in [0.3, 0.4) is 0 Å². The van der Waals surface area contributed by atoms with Gasteiger partial charge in [0.05, 0.1) is 31.7 Å². The molecule has 0 atom stereocenters. The van der Waals surface area contributed by atoms with E-state index < -0.39 is 12.1 Å². The van der Waals surface area contributed by atoms with Crippen molar-refractivity contribution in [3.8, 4) is 55.9 Å². The topological polar surface area (TPSA) is 23.0 Å². The molecule has 63 heavy (non-hydrogen) atoms. The van der Waals surface area contributed by atoms with E-state index in [-0.39, 0.29) is 57.6 Å². The standard InChI is InChI=1S/C60H38N2O/c1-3-12-39(13-4-1)41-22-24-43(25-23-41)48-18-11-20-57-60(48)53-37-45(29-34-56(53)61(57)46-30-26-42(27-31-46)40-14-5-2-6-15-40)44-28-33-55-51(36-44)49-16-7-9-19-54(49)62(55)47-32-35-59-52(38-47)50-17-8-10-21-58(50)63-59/h1-38H/i7D,9D,16D,19D,28D,33D,36D. The molecule has 0 saturated carbocycles. The lowest BCUT2D eigenvalue weighted by molar-refractivity contribution is 0.669. The van der Waals surface area contributed by atoms with Crippen molar-refractivity contribution < 1.29 is 14.0 Å². The monoisotopic (exact) mass is 809 g/mol. The lowest BCUT2D eigenvalue weighted by Crippen LogP contribution is -1.94. The maximum Gasteiger partial charge on any atom is 0.135 e. The van der Waals surface area contributed by atoms with Gasteiger partial charge in [0.25, 0.3) is 0 Å². The Bertz CT molecular complexity index is 4290. The number of hydrogen-bond donors (Lipinski definition) is 0. The van der Waals surface area contributed by atoms with Crippen molar-refractivity contribution in [2.75, 3.05) is 0 Å². The van der Waals surface area contributed by atoms with E-state index in [4.69, 9.17) is 7.16 Å². The highest BCUT2D eigenvalue weighted by Crippen LogP contribution is 2.42. The van der Waals surface area contributed by atoms with E-state index in [1.165, 1.54) is 0 Å². The molecule has 0 fully saturated rings. The van der Waals surface area contributed by atoms with E-state index in [2.05, 4.69) is 95.6 Å². The van der Waals surface area contributed by atoms with Gasteiger partial charge in [-0.05, 0) is 117 Å². The Hall–Kier alpha value is -8.40. The summed E-state index contributed by atoms with van der Waals surface area (Å²) < 4.78 is 75.7. The summed E-state index contributed by atoms with van der Waals surface area (Å²) in [5, 5.41) is 3.82. The first-order chi connectivity index (χ1) is 34.2. The number of nitrogens with zero attached hydrogens (tertiary/aromatic N) is 2. The number of rotatable bonds is 6. The van der Waals surface area contributed by atoms with Crippen molar-refractivity contribution in [2.45, 2.75) is 0 Å². The molecule has 0 aliphatic carbocycles. The molecule has 3 heteroatoms. The smallest absolute Gasteiger partial charge is 0.135 e. The van der Waals surface area contributed by atoms with Crippen molar-refractivity contribution in [1.82, 2.24) is 9.13 Å². The fraction of sp³-hybridized carbons (Fsp3) is 0. The molecule has 294 valence electrons. The molecule has 0 saturated heterocycles. The van der Waals surface area contributed by atoms with E-state index in [1.54, 1.807) is 10.6 Å². The molecule has 0 bridgehead atoms. The largest absolute Gasteiger partial charge is 0.456 e. The highest BCUT2D eigenvalue weighted by molar-refractivity contribution is 6.17. The van der Waals surface area contributed by atoms with Crippen LogP contribution in [-0.2, 0) is 0 Å². The fourth-order valence-electron chi connectivity index (χ4n) is 9.42. The number of benzene rings is 10. The molecule has 3 heterocycles. The maximum absolute atomic E-state index is 10.1. The van der Waals surface area contributed by atoms with Crippen molar-refractivity contribution in [3.05, 3.63) is 230 Å². The van der Waals surface area contributed by atoms with Crippen molar-refractivity contribution >= 4 is 65.6 Å². The van der Waals surface area contributed by atoms with E-state index in [1.807, 2.05) is 91.0 Å². The lowest BCUT2D eigenvalue weighted by atomic mass is 9.95. The minimum atomic E-state index is -0.439. The number of para-hydroxylation sites is 2. The highest BCUT2D eigenvalue weighted by Gasteiger charge is 2.19. The minimum absolute atomic E-state index is 0.101. The predicted octanol–water partition coefficient (Wildman–Crippen LogP) is 16.4. The Balaban J connectivity index is 1.07. The molecule has 3 aromatic heterocycles. The summed E-state index contributed by atoms with van der Waals surface area (Å²) in [5.41, 5.74) is 12.2. The molecule has 0 radical (unpaired) electrons. The second-order valence-corrected chi connectivity index (χ2v) is 15.9. The first kappa shape index (κ1) is 29.0. The van der Waals surface area contributed by atoms with Crippen LogP contribution in [0.4, 0.5) is 0 Å². The van der Waals surface area contributed by atoms with Crippen LogP contribution < -0.4 is 0 Å². The average Bonchev–Trinajstić information content (AvgIpc) is 4.08. The summed E-state index contributed by atoms with van der Waals surface area (Å²) in [4.78, 5) is 0. The first-order valence-corrected chi connectivity index (χ1v) is 21.0. The Morgan fingerprint density at radius 1 is 0.333 bits per heavy atom. The minimum Gasteiger partial charge on any atom is -0.456 e. The number of aromatic nitrogens is 2. The Kier molecular flexibility index (Phi) is 6.48. The van der Waals surface area contributed by atoms with Gasteiger partial charge in [-0.15, -0.1) is 0 Å². The molecule has 13 rings (SSSR count). The van der Waals surface area contributed by atoms with Crippen LogP contribution in [0.15, 0.2) is 235 Å². The summed E-state index contributed by atoms with van der Waals surface area (Å²) in [5.74, 6) is 0. The molecular formula is C60H38N2O. The second-order valence-electron chi connectivity index (χ2n) is 15.9. The zero-order valence-corrected chi connectivity index (χ0v) is 33.7. The normalized spacial score (nSPS) is 13.4. The van der Waals surface area contributed by atoms with E-state index >= 15 is 0 Å². The molecule has 0 spiro atoms. The van der Waals surface area contributed by atoms with Crippen LogP contribution in [0.5, 0.6) is 0 Å². The maximum atomic E-state index is 10.1. The third-order valence-electron chi connectivity index (χ3n) is 12.4. The number of hydrogen-bond acceptors (Lipinski definition) is 1. The van der Waals surface area contributed by atoms with Gasteiger partial charge < -0.3 is 13.6 Å². The zero-order valence-electron chi connectivity index (χ0n) is 40.7. The first-order valence-electron chi connectivity index (χ1n) is 24.5. The SMILES string of the molecule is [2H]c1c([2H])c([2H])c2c(c1[2H])c1c([2H])c(-c3ccc4c(c3)c3c(-c5ccc(-c6ccccc6)cc5)cccc3n4-c3ccc(-c4ccccc4)cc3)c([2H])c([2H])c1n2-c1ccc2oc3ccccc3c2c1. The quantitative estimate of drug-likeness (QED) is 0.164. The van der Waals surface area contributed by atoms with E-state index in [0.717, 1.165) is 71.6 Å². The van der Waals surface area contributed by atoms with Gasteiger partial charge in [-0.3, -0.25) is 0 Å². The van der Waals surface area contributed by atoms with Gasteiger partial charge in [0.15, 0.2) is 0 Å². The van der Waals surface area contributed by atoms with Crippen molar-refractivity contribution in [3.63, 3.8) is 0 Å². The summed E-state index contributed by atoms with van der Waals surface area (Å²) in [7, 11) is 0. The zero-order chi connectivity index (χ0) is 47.5. The van der Waals surface area contributed by atoms with Gasteiger partial charge in [-0.25, -0.2) is 0 Å². The van der Waals surface area contributed by atoms with Gasteiger partial charge >= 0.3 is 0 Å². The molecule has 10 aromatic carbocycles. The van der Waals surface area contributed by atoms with Crippen molar-refractivity contribution in [2.24, 2.45) is 0 Å². The van der Waals surface area contributed by atoms with Crippen LogP contribution in [0.25, 0.3) is 121 Å². The predicted molar refractivity (Wildman–Crippen MR) is 264 cm³/mol. The molecule has 3 nitrogen and oxygen atoms in total. The van der Waals surface area contributed by atoms with E-state index in [0.29, 0.717) is 22.4 Å². The molecule has 0 aliphatic rings. The van der Waals surface area contributed by atoms with Crippen LogP contribution in [0.2, 0.25) is 0 Å². The van der Waals surface area contributed by atoms with Crippen molar-refractivity contribution in [1.29, 1.82) is 0 Å². The molecule has 13 aromatic rings. The molecule has 0 N–H and O–H groups in total. The third kappa shape index (κ3) is 5.67. The van der Waals surface area contributed by atoms with Crippen LogP contribution in [-0.4, -0.2) is 9.13 Å². The summed E-state index contributed by atoms with van der Waals surface area (Å²) in [6.07, 6.45) is 0. The van der Waals surface area contributed by atoms with Gasteiger partial charge in [-0.1, -0.05) is 158 Å². The Labute approximate surface area is 373 Å². The Morgan fingerprint density at radius 3 is 1.75 bits per heavy atom. The van der Waals surface area contributed by atoms with Crippen LogP contribution in [0.1, 0.15) is 9.60 Å². The molecule has 0 amide bonds. The number of furan rings is 1. The van der Waals surface area contributed by atoms with Gasteiger partial charge in [0.2, 0.25) is 0 Å².